The summed E-state index contributed by atoms with van der Waals surface area (Å²) in [6, 6.07) is 8.44. The van der Waals surface area contributed by atoms with Crippen LogP contribution in [0.4, 0.5) is 0 Å². The molecule has 1 fully saturated rings. The van der Waals surface area contributed by atoms with Crippen LogP contribution in [0, 0.1) is 6.92 Å². The van der Waals surface area contributed by atoms with Crippen LogP contribution in [0.5, 0.6) is 0 Å². The van der Waals surface area contributed by atoms with Crippen molar-refractivity contribution in [2.45, 2.75) is 31.0 Å². The highest BCUT2D eigenvalue weighted by Crippen LogP contribution is 2.43. The van der Waals surface area contributed by atoms with Gasteiger partial charge in [0.1, 0.15) is 0 Å². The van der Waals surface area contributed by atoms with Crippen LogP contribution in [0.3, 0.4) is 0 Å². The minimum atomic E-state index is 0.713. The number of rotatable bonds is 3. The SMILES string of the molecule is Cc1ccccc1-n1ncc(CBr)c1C1CC1. The summed E-state index contributed by atoms with van der Waals surface area (Å²) < 4.78 is 2.13. The topological polar surface area (TPSA) is 17.8 Å². The van der Waals surface area contributed by atoms with Crippen LogP contribution < -0.4 is 0 Å². The van der Waals surface area contributed by atoms with Crippen molar-refractivity contribution in [2.24, 2.45) is 0 Å². The third-order valence-corrected chi connectivity index (χ3v) is 3.94. The fourth-order valence-electron chi connectivity index (χ4n) is 2.28. The second kappa shape index (κ2) is 4.30. The van der Waals surface area contributed by atoms with E-state index in [2.05, 4.69) is 56.9 Å². The van der Waals surface area contributed by atoms with Crippen molar-refractivity contribution in [1.29, 1.82) is 0 Å². The molecule has 0 spiro atoms. The van der Waals surface area contributed by atoms with Gasteiger partial charge in [-0.15, -0.1) is 0 Å². The Kier molecular flexibility index (Phi) is 2.79. The molecule has 0 bridgehead atoms. The fraction of sp³-hybridized carbons (Fsp3) is 0.357. The third-order valence-electron chi connectivity index (χ3n) is 3.34. The van der Waals surface area contributed by atoms with Crippen molar-refractivity contribution in [3.8, 4) is 5.69 Å². The first-order valence-electron chi connectivity index (χ1n) is 6.00. The average Bonchev–Trinajstić information content (AvgIpc) is 3.10. The molecular weight excluding hydrogens is 276 g/mol. The van der Waals surface area contributed by atoms with Crippen LogP contribution in [0.25, 0.3) is 5.69 Å². The van der Waals surface area contributed by atoms with Crippen molar-refractivity contribution in [3.63, 3.8) is 0 Å². The van der Waals surface area contributed by atoms with Gasteiger partial charge in [0.25, 0.3) is 0 Å². The zero-order valence-corrected chi connectivity index (χ0v) is 11.4. The number of aryl methyl sites for hydroxylation is 1. The van der Waals surface area contributed by atoms with Gasteiger partial charge >= 0.3 is 0 Å². The van der Waals surface area contributed by atoms with Gasteiger partial charge in [-0.25, -0.2) is 4.68 Å². The number of nitrogens with zero attached hydrogens (tertiary/aromatic N) is 2. The molecule has 3 rings (SSSR count). The zero-order chi connectivity index (χ0) is 11.8. The Balaban J connectivity index is 2.14. The predicted molar refractivity (Wildman–Crippen MR) is 72.9 cm³/mol. The second-order valence-electron chi connectivity index (χ2n) is 4.66. The van der Waals surface area contributed by atoms with E-state index in [1.165, 1.54) is 35.3 Å². The van der Waals surface area contributed by atoms with Gasteiger partial charge in [-0.05, 0) is 31.4 Å². The lowest BCUT2D eigenvalue weighted by Crippen LogP contribution is -2.04. The second-order valence-corrected chi connectivity index (χ2v) is 5.22. The maximum Gasteiger partial charge on any atom is 0.0678 e. The fourth-order valence-corrected chi connectivity index (χ4v) is 2.71. The molecule has 0 unspecified atom stereocenters. The summed E-state index contributed by atoms with van der Waals surface area (Å²) in [7, 11) is 0. The maximum atomic E-state index is 4.57. The lowest BCUT2D eigenvalue weighted by molar-refractivity contribution is 0.800. The van der Waals surface area contributed by atoms with Crippen molar-refractivity contribution < 1.29 is 0 Å². The summed E-state index contributed by atoms with van der Waals surface area (Å²) in [5, 5.41) is 5.46. The summed E-state index contributed by atoms with van der Waals surface area (Å²) in [6.45, 7) is 2.14. The van der Waals surface area contributed by atoms with Crippen LogP contribution in [0.2, 0.25) is 0 Å². The molecule has 0 radical (unpaired) electrons. The van der Waals surface area contributed by atoms with Gasteiger partial charge in [0.2, 0.25) is 0 Å². The molecule has 1 aliphatic rings. The number of benzene rings is 1. The molecule has 1 heterocycles. The van der Waals surface area contributed by atoms with Crippen LogP contribution in [0.15, 0.2) is 30.5 Å². The highest BCUT2D eigenvalue weighted by atomic mass is 79.9. The number of halogens is 1. The lowest BCUT2D eigenvalue weighted by Gasteiger charge is -2.10. The van der Waals surface area contributed by atoms with Gasteiger partial charge in [-0.2, -0.15) is 5.10 Å². The van der Waals surface area contributed by atoms with E-state index in [9.17, 15) is 0 Å². The molecule has 2 aromatic rings. The standard InChI is InChI=1S/C14H15BrN2/c1-10-4-2-3-5-13(10)17-14(11-6-7-11)12(8-15)9-16-17/h2-5,9,11H,6-8H2,1H3. The van der Waals surface area contributed by atoms with Gasteiger partial charge in [-0.1, -0.05) is 34.1 Å². The van der Waals surface area contributed by atoms with Gasteiger partial charge in [0.05, 0.1) is 17.6 Å². The number of alkyl halides is 1. The Morgan fingerprint density at radius 1 is 1.35 bits per heavy atom. The Morgan fingerprint density at radius 2 is 2.12 bits per heavy atom. The van der Waals surface area contributed by atoms with Gasteiger partial charge < -0.3 is 0 Å². The molecule has 0 atom stereocenters. The smallest absolute Gasteiger partial charge is 0.0678 e. The van der Waals surface area contributed by atoms with E-state index in [1.807, 2.05) is 6.20 Å². The molecular formula is C14H15BrN2. The number of hydrogen-bond donors (Lipinski definition) is 0. The molecule has 17 heavy (non-hydrogen) atoms. The molecule has 0 N–H and O–H groups in total. The molecule has 88 valence electrons. The quantitative estimate of drug-likeness (QED) is 0.783. The molecule has 0 aliphatic heterocycles. The van der Waals surface area contributed by atoms with E-state index >= 15 is 0 Å². The van der Waals surface area contributed by atoms with E-state index in [4.69, 9.17) is 0 Å². The van der Waals surface area contributed by atoms with E-state index < -0.39 is 0 Å². The summed E-state index contributed by atoms with van der Waals surface area (Å²) >= 11 is 3.56. The summed E-state index contributed by atoms with van der Waals surface area (Å²) in [5.74, 6) is 0.713. The van der Waals surface area contributed by atoms with Crippen LogP contribution in [0.1, 0.15) is 35.6 Å². The van der Waals surface area contributed by atoms with Crippen molar-refractivity contribution in [2.75, 3.05) is 0 Å². The van der Waals surface area contributed by atoms with Crippen molar-refractivity contribution >= 4 is 15.9 Å². The van der Waals surface area contributed by atoms with Crippen LogP contribution in [-0.2, 0) is 5.33 Å². The molecule has 0 amide bonds. The van der Waals surface area contributed by atoms with Gasteiger partial charge in [0, 0.05) is 16.8 Å². The molecule has 0 saturated heterocycles. The molecule has 1 aliphatic carbocycles. The van der Waals surface area contributed by atoms with Crippen LogP contribution >= 0.6 is 15.9 Å². The Bertz CT molecular complexity index is 541. The first-order chi connectivity index (χ1) is 8.31. The minimum absolute atomic E-state index is 0.713. The maximum absolute atomic E-state index is 4.57. The molecule has 1 aromatic heterocycles. The Morgan fingerprint density at radius 3 is 2.76 bits per heavy atom. The van der Waals surface area contributed by atoms with E-state index in [0.29, 0.717) is 5.92 Å². The van der Waals surface area contributed by atoms with E-state index in [-0.39, 0.29) is 0 Å². The van der Waals surface area contributed by atoms with Crippen LogP contribution in [-0.4, -0.2) is 9.78 Å². The Labute approximate surface area is 110 Å². The zero-order valence-electron chi connectivity index (χ0n) is 9.86. The number of aromatic nitrogens is 2. The molecule has 2 nitrogen and oxygen atoms in total. The third kappa shape index (κ3) is 1.93. The first kappa shape index (κ1) is 11.0. The van der Waals surface area contributed by atoms with Crippen molar-refractivity contribution in [1.82, 2.24) is 9.78 Å². The first-order valence-corrected chi connectivity index (χ1v) is 7.12. The number of para-hydroxylation sites is 1. The van der Waals surface area contributed by atoms with E-state index in [0.717, 1.165) is 5.33 Å². The van der Waals surface area contributed by atoms with E-state index in [1.54, 1.807) is 0 Å². The summed E-state index contributed by atoms with van der Waals surface area (Å²) in [5.41, 5.74) is 5.21. The lowest BCUT2D eigenvalue weighted by atomic mass is 10.1. The minimum Gasteiger partial charge on any atom is -0.237 e. The highest BCUT2D eigenvalue weighted by molar-refractivity contribution is 9.08. The Hall–Kier alpha value is -1.09. The predicted octanol–water partition coefficient (Wildman–Crippen LogP) is 3.95. The number of hydrogen-bond acceptors (Lipinski definition) is 1. The summed E-state index contributed by atoms with van der Waals surface area (Å²) in [6.07, 6.45) is 4.60. The molecule has 1 aromatic carbocycles. The van der Waals surface area contributed by atoms with Gasteiger partial charge in [-0.3, -0.25) is 0 Å². The molecule has 3 heteroatoms. The largest absolute Gasteiger partial charge is 0.237 e. The van der Waals surface area contributed by atoms with Crippen molar-refractivity contribution in [3.05, 3.63) is 47.3 Å². The molecule has 1 saturated carbocycles. The average molecular weight is 291 g/mol. The highest BCUT2D eigenvalue weighted by Gasteiger charge is 2.30. The normalized spacial score (nSPS) is 15.2. The van der Waals surface area contributed by atoms with Gasteiger partial charge in [0.15, 0.2) is 0 Å². The summed E-state index contributed by atoms with van der Waals surface area (Å²) in [4.78, 5) is 0. The monoisotopic (exact) mass is 290 g/mol.